The molecular formula is C15H14FNO2. The van der Waals surface area contributed by atoms with Crippen molar-refractivity contribution in [2.75, 3.05) is 5.32 Å². The van der Waals surface area contributed by atoms with E-state index < -0.39 is 5.97 Å². The van der Waals surface area contributed by atoms with Gasteiger partial charge in [0, 0.05) is 5.69 Å². The minimum Gasteiger partial charge on any atom is -0.478 e. The number of anilines is 2. The average molecular weight is 259 g/mol. The summed E-state index contributed by atoms with van der Waals surface area (Å²) in [6, 6.07) is 9.62. The van der Waals surface area contributed by atoms with Crippen LogP contribution in [0.3, 0.4) is 0 Å². The highest BCUT2D eigenvalue weighted by atomic mass is 19.1. The lowest BCUT2D eigenvalue weighted by Gasteiger charge is -2.11. The van der Waals surface area contributed by atoms with Crippen molar-refractivity contribution in [3.63, 3.8) is 0 Å². The zero-order valence-corrected chi connectivity index (χ0v) is 10.7. The van der Waals surface area contributed by atoms with E-state index in [0.717, 1.165) is 5.56 Å². The van der Waals surface area contributed by atoms with Crippen LogP contribution in [-0.2, 0) is 0 Å². The van der Waals surface area contributed by atoms with E-state index in [1.54, 1.807) is 37.3 Å². The second-order valence-corrected chi connectivity index (χ2v) is 4.44. The average Bonchev–Trinajstić information content (AvgIpc) is 2.33. The van der Waals surface area contributed by atoms with Crippen molar-refractivity contribution in [1.29, 1.82) is 0 Å². The van der Waals surface area contributed by atoms with Crippen LogP contribution in [0.25, 0.3) is 0 Å². The predicted octanol–water partition coefficient (Wildman–Crippen LogP) is 3.88. The van der Waals surface area contributed by atoms with E-state index in [4.69, 9.17) is 5.11 Å². The van der Waals surface area contributed by atoms with E-state index in [-0.39, 0.29) is 11.4 Å². The van der Waals surface area contributed by atoms with Crippen LogP contribution >= 0.6 is 0 Å². The van der Waals surface area contributed by atoms with Crippen LogP contribution < -0.4 is 5.32 Å². The van der Waals surface area contributed by atoms with Crippen LogP contribution in [0.15, 0.2) is 36.4 Å². The molecule has 19 heavy (non-hydrogen) atoms. The molecule has 0 heterocycles. The number of benzene rings is 2. The molecule has 0 amide bonds. The van der Waals surface area contributed by atoms with Gasteiger partial charge in [0.25, 0.3) is 0 Å². The molecule has 4 heteroatoms. The van der Waals surface area contributed by atoms with Crippen LogP contribution in [0.1, 0.15) is 21.5 Å². The number of aromatic carboxylic acids is 1. The molecule has 2 aromatic carbocycles. The predicted molar refractivity (Wildman–Crippen MR) is 72.6 cm³/mol. The van der Waals surface area contributed by atoms with Crippen LogP contribution in [0, 0.1) is 19.7 Å². The molecule has 0 saturated heterocycles. The van der Waals surface area contributed by atoms with Gasteiger partial charge in [-0.1, -0.05) is 6.07 Å². The van der Waals surface area contributed by atoms with Gasteiger partial charge in [0.1, 0.15) is 5.82 Å². The van der Waals surface area contributed by atoms with E-state index in [0.29, 0.717) is 16.9 Å². The second kappa shape index (κ2) is 5.10. The number of halogens is 1. The molecule has 3 nitrogen and oxygen atoms in total. The number of carboxylic acids is 1. The fourth-order valence-electron chi connectivity index (χ4n) is 1.83. The lowest BCUT2D eigenvalue weighted by molar-refractivity contribution is 0.0698. The van der Waals surface area contributed by atoms with Crippen molar-refractivity contribution < 1.29 is 14.3 Å². The summed E-state index contributed by atoms with van der Waals surface area (Å²) in [6.07, 6.45) is 0. The molecule has 0 saturated carbocycles. The maximum Gasteiger partial charge on any atom is 0.337 e. The van der Waals surface area contributed by atoms with E-state index in [1.165, 1.54) is 6.07 Å². The molecule has 0 bridgehead atoms. The van der Waals surface area contributed by atoms with Crippen LogP contribution in [0.5, 0.6) is 0 Å². The maximum absolute atomic E-state index is 13.2. The SMILES string of the molecule is Cc1ccc(C(=O)O)c(Nc2ccc(F)c(C)c2)c1. The van der Waals surface area contributed by atoms with Gasteiger partial charge in [0.05, 0.1) is 11.3 Å². The van der Waals surface area contributed by atoms with Crippen LogP contribution in [-0.4, -0.2) is 11.1 Å². The molecule has 0 radical (unpaired) electrons. The molecule has 2 aromatic rings. The fourth-order valence-corrected chi connectivity index (χ4v) is 1.83. The number of aryl methyl sites for hydroxylation is 2. The lowest BCUT2D eigenvalue weighted by atomic mass is 10.1. The third kappa shape index (κ3) is 2.91. The second-order valence-electron chi connectivity index (χ2n) is 4.44. The Kier molecular flexibility index (Phi) is 3.51. The van der Waals surface area contributed by atoms with Crippen molar-refractivity contribution in [2.24, 2.45) is 0 Å². The first kappa shape index (κ1) is 13.1. The normalized spacial score (nSPS) is 10.3. The van der Waals surface area contributed by atoms with E-state index in [1.807, 2.05) is 6.92 Å². The summed E-state index contributed by atoms with van der Waals surface area (Å²) < 4.78 is 13.2. The van der Waals surface area contributed by atoms with Gasteiger partial charge in [-0.2, -0.15) is 0 Å². The lowest BCUT2D eigenvalue weighted by Crippen LogP contribution is -2.03. The molecular weight excluding hydrogens is 245 g/mol. The summed E-state index contributed by atoms with van der Waals surface area (Å²) >= 11 is 0. The van der Waals surface area contributed by atoms with E-state index in [9.17, 15) is 9.18 Å². The topological polar surface area (TPSA) is 49.3 Å². The summed E-state index contributed by atoms with van der Waals surface area (Å²) in [7, 11) is 0. The Morgan fingerprint density at radius 3 is 2.53 bits per heavy atom. The summed E-state index contributed by atoms with van der Waals surface area (Å²) in [5.74, 6) is -1.28. The van der Waals surface area contributed by atoms with Gasteiger partial charge >= 0.3 is 5.97 Å². The first-order valence-electron chi connectivity index (χ1n) is 5.84. The Morgan fingerprint density at radius 2 is 1.89 bits per heavy atom. The molecule has 0 aromatic heterocycles. The number of carboxylic acid groups (broad SMARTS) is 1. The first-order valence-corrected chi connectivity index (χ1v) is 5.84. The van der Waals surface area contributed by atoms with Gasteiger partial charge < -0.3 is 10.4 Å². The minimum absolute atomic E-state index is 0.188. The largest absolute Gasteiger partial charge is 0.478 e. The molecule has 0 spiro atoms. The number of hydrogen-bond acceptors (Lipinski definition) is 2. The zero-order chi connectivity index (χ0) is 14.0. The van der Waals surface area contributed by atoms with Gasteiger partial charge in [-0.15, -0.1) is 0 Å². The van der Waals surface area contributed by atoms with E-state index >= 15 is 0 Å². The molecule has 0 fully saturated rings. The summed E-state index contributed by atoms with van der Waals surface area (Å²) in [5.41, 5.74) is 2.80. The first-order chi connectivity index (χ1) is 8.97. The van der Waals surface area contributed by atoms with Crippen molar-refractivity contribution in [1.82, 2.24) is 0 Å². The number of rotatable bonds is 3. The molecule has 2 N–H and O–H groups in total. The quantitative estimate of drug-likeness (QED) is 0.879. The number of hydrogen-bond donors (Lipinski definition) is 2. The Hall–Kier alpha value is -2.36. The Bertz CT molecular complexity index is 638. The fraction of sp³-hybridized carbons (Fsp3) is 0.133. The Morgan fingerprint density at radius 1 is 1.16 bits per heavy atom. The van der Waals surface area contributed by atoms with Gasteiger partial charge in [-0.3, -0.25) is 0 Å². The van der Waals surface area contributed by atoms with Crippen LogP contribution in [0.2, 0.25) is 0 Å². The molecule has 0 aliphatic rings. The molecule has 98 valence electrons. The van der Waals surface area contributed by atoms with Crippen molar-refractivity contribution in [3.8, 4) is 0 Å². The molecule has 0 unspecified atom stereocenters. The monoisotopic (exact) mass is 259 g/mol. The third-order valence-corrected chi connectivity index (χ3v) is 2.84. The molecule has 0 aliphatic carbocycles. The maximum atomic E-state index is 13.2. The minimum atomic E-state index is -0.999. The summed E-state index contributed by atoms with van der Waals surface area (Å²) in [6.45, 7) is 3.54. The highest BCUT2D eigenvalue weighted by Crippen LogP contribution is 2.23. The smallest absolute Gasteiger partial charge is 0.337 e. The Labute approximate surface area is 110 Å². The summed E-state index contributed by atoms with van der Waals surface area (Å²) in [5, 5.41) is 12.1. The van der Waals surface area contributed by atoms with Crippen molar-refractivity contribution in [3.05, 3.63) is 58.9 Å². The van der Waals surface area contributed by atoms with Gasteiger partial charge in [-0.25, -0.2) is 9.18 Å². The van der Waals surface area contributed by atoms with Gasteiger partial charge in [0.15, 0.2) is 0 Å². The summed E-state index contributed by atoms with van der Waals surface area (Å²) in [4.78, 5) is 11.1. The molecule has 2 rings (SSSR count). The van der Waals surface area contributed by atoms with Gasteiger partial charge in [-0.05, 0) is 55.3 Å². The van der Waals surface area contributed by atoms with Crippen LogP contribution in [0.4, 0.5) is 15.8 Å². The highest BCUT2D eigenvalue weighted by molar-refractivity contribution is 5.95. The van der Waals surface area contributed by atoms with Crippen molar-refractivity contribution >= 4 is 17.3 Å². The third-order valence-electron chi connectivity index (χ3n) is 2.84. The Balaban J connectivity index is 2.39. The molecule has 0 atom stereocenters. The van der Waals surface area contributed by atoms with Crippen molar-refractivity contribution in [2.45, 2.75) is 13.8 Å². The number of carbonyl (C=O) groups is 1. The zero-order valence-electron chi connectivity index (χ0n) is 10.7. The number of nitrogens with one attached hydrogen (secondary N) is 1. The van der Waals surface area contributed by atoms with Gasteiger partial charge in [0.2, 0.25) is 0 Å². The standard InChI is InChI=1S/C15H14FNO2/c1-9-3-5-12(15(18)19)14(7-9)17-11-4-6-13(16)10(2)8-11/h3-8,17H,1-2H3,(H,18,19). The highest BCUT2D eigenvalue weighted by Gasteiger charge is 2.10. The van der Waals surface area contributed by atoms with E-state index in [2.05, 4.69) is 5.32 Å². The molecule has 0 aliphatic heterocycles.